The average molecular weight is 611 g/mol. The molecule has 3 N–H and O–H groups in total. The first kappa shape index (κ1) is 29.7. The molecule has 0 radical (unpaired) electrons. The van der Waals surface area contributed by atoms with Crippen molar-refractivity contribution in [3.8, 4) is 0 Å². The highest BCUT2D eigenvalue weighted by Gasteiger charge is 2.40. The van der Waals surface area contributed by atoms with Gasteiger partial charge in [-0.1, -0.05) is 35.9 Å². The molecule has 2 unspecified atom stereocenters. The number of thioether (sulfide) groups is 1. The fourth-order valence-electron chi connectivity index (χ4n) is 5.60. The number of alkyl halides is 3. The zero-order valence-corrected chi connectivity index (χ0v) is 23.5. The predicted molar refractivity (Wildman–Crippen MR) is 149 cm³/mol. The lowest BCUT2D eigenvalue weighted by molar-refractivity contribution is -0.153. The largest absolute Gasteiger partial charge is 0.449 e. The Hall–Kier alpha value is -2.80. The summed E-state index contributed by atoms with van der Waals surface area (Å²) in [7, 11) is 0. The monoisotopic (exact) mass is 610 g/mol. The number of benzene rings is 2. The molecular weight excluding hydrogens is 581 g/mol. The first-order valence-electron chi connectivity index (χ1n) is 13.4. The normalized spacial score (nSPS) is 22.7. The van der Waals surface area contributed by atoms with Gasteiger partial charge in [-0.2, -0.15) is 24.9 Å². The van der Waals surface area contributed by atoms with E-state index in [4.69, 9.17) is 11.6 Å². The summed E-state index contributed by atoms with van der Waals surface area (Å²) in [5.41, 5.74) is 1.50. The topological polar surface area (TPSA) is 108 Å². The molecule has 8 nitrogen and oxygen atoms in total. The fourth-order valence-corrected chi connectivity index (χ4v) is 7.31. The van der Waals surface area contributed by atoms with Crippen LogP contribution in [0.5, 0.6) is 0 Å². The van der Waals surface area contributed by atoms with Gasteiger partial charge in [0.15, 0.2) is 12.2 Å². The van der Waals surface area contributed by atoms with E-state index in [1.807, 2.05) is 6.07 Å². The molecule has 2 aliphatic heterocycles. The van der Waals surface area contributed by atoms with Gasteiger partial charge < -0.3 is 25.0 Å². The number of imidazole rings is 1. The Kier molecular flexibility index (Phi) is 8.84. The summed E-state index contributed by atoms with van der Waals surface area (Å²) in [5, 5.41) is 23.9. The lowest BCUT2D eigenvalue weighted by Crippen LogP contribution is -2.51. The van der Waals surface area contributed by atoms with Crippen molar-refractivity contribution in [1.29, 1.82) is 0 Å². The van der Waals surface area contributed by atoms with Gasteiger partial charge >= 0.3 is 6.18 Å². The Labute approximate surface area is 243 Å². The van der Waals surface area contributed by atoms with Crippen molar-refractivity contribution in [2.75, 3.05) is 13.1 Å². The van der Waals surface area contributed by atoms with E-state index in [9.17, 15) is 33.0 Å². The summed E-state index contributed by atoms with van der Waals surface area (Å²) in [5.74, 6) is -2.56. The van der Waals surface area contributed by atoms with Crippen LogP contribution in [-0.2, 0) is 22.3 Å². The van der Waals surface area contributed by atoms with Crippen molar-refractivity contribution in [3.63, 3.8) is 0 Å². The number of rotatable bonds is 8. The van der Waals surface area contributed by atoms with Gasteiger partial charge in [-0.05, 0) is 55.5 Å². The van der Waals surface area contributed by atoms with Gasteiger partial charge in [0.05, 0.1) is 17.1 Å². The number of fused-ring (bicyclic) bond motifs is 1. The van der Waals surface area contributed by atoms with E-state index in [-0.39, 0.29) is 35.1 Å². The van der Waals surface area contributed by atoms with Crippen molar-refractivity contribution in [3.05, 3.63) is 64.9 Å². The quantitative estimate of drug-likeness (QED) is 0.353. The number of hydrogen-bond acceptors (Lipinski definition) is 6. The van der Waals surface area contributed by atoms with Gasteiger partial charge in [-0.25, -0.2) is 4.98 Å². The molecule has 41 heavy (non-hydrogen) atoms. The predicted octanol–water partition coefficient (Wildman–Crippen LogP) is 4.17. The maximum Gasteiger partial charge on any atom is 0.449 e. The SMILES string of the molecule is O=C(NCC1CCC(Cn2c(C(F)(F)F)nc3ccccc32)S1)[C@H](O)[C@@H](O)C(=O)N1CCC[C@@H]1c1cccc(Cl)c1. The van der Waals surface area contributed by atoms with Crippen LogP contribution in [-0.4, -0.2) is 72.3 Å². The highest BCUT2D eigenvalue weighted by molar-refractivity contribution is 8.00. The standard InChI is InChI=1S/C28H30ClF3N4O4S/c29-17-6-3-5-16(13-17)21-9-4-12-35(21)26(40)24(38)23(37)25(39)33-14-18-10-11-19(41-18)15-36-22-8-2-1-7-20(22)34-27(36)28(30,31)32/h1-3,5-8,13,18-19,21,23-24,37-38H,4,9-12,14-15H2,(H,33,39)/t18?,19?,21-,23-,24-/m1/s1. The minimum absolute atomic E-state index is 0.0982. The summed E-state index contributed by atoms with van der Waals surface area (Å²) in [4.78, 5) is 30.9. The van der Waals surface area contributed by atoms with Crippen LogP contribution in [0.4, 0.5) is 13.2 Å². The van der Waals surface area contributed by atoms with Crippen LogP contribution in [0.25, 0.3) is 11.0 Å². The second kappa shape index (κ2) is 12.2. The number of amides is 2. The van der Waals surface area contributed by atoms with Crippen LogP contribution in [0.2, 0.25) is 5.02 Å². The molecule has 5 atom stereocenters. The van der Waals surface area contributed by atoms with E-state index in [0.717, 1.165) is 5.56 Å². The van der Waals surface area contributed by atoms with Gasteiger partial charge in [0.1, 0.15) is 0 Å². The number of carbonyl (C=O) groups is 2. The van der Waals surface area contributed by atoms with Gasteiger partial charge in [0, 0.05) is 35.2 Å². The summed E-state index contributed by atoms with van der Waals surface area (Å²) in [6.45, 7) is 0.636. The van der Waals surface area contributed by atoms with Crippen molar-refractivity contribution in [2.24, 2.45) is 0 Å². The number of hydrogen-bond donors (Lipinski definition) is 3. The molecule has 3 aromatic rings. The van der Waals surface area contributed by atoms with Crippen LogP contribution in [0.3, 0.4) is 0 Å². The number of halogens is 4. The van der Waals surface area contributed by atoms with Crippen molar-refractivity contribution in [1.82, 2.24) is 19.8 Å². The number of aliphatic hydroxyl groups excluding tert-OH is 2. The molecule has 0 spiro atoms. The molecule has 1 aromatic heterocycles. The number of aromatic nitrogens is 2. The number of nitrogens with zero attached hydrogens (tertiary/aromatic N) is 3. The second-order valence-electron chi connectivity index (χ2n) is 10.4. The van der Waals surface area contributed by atoms with Gasteiger partial charge in [-0.15, -0.1) is 0 Å². The Morgan fingerprint density at radius 2 is 1.83 bits per heavy atom. The third-order valence-electron chi connectivity index (χ3n) is 7.58. The minimum atomic E-state index is -4.59. The molecule has 2 saturated heterocycles. The molecule has 220 valence electrons. The van der Waals surface area contributed by atoms with Crippen molar-refractivity contribution < 1.29 is 33.0 Å². The maximum atomic E-state index is 13.7. The van der Waals surface area contributed by atoms with Crippen LogP contribution < -0.4 is 5.32 Å². The maximum absolute atomic E-state index is 13.7. The van der Waals surface area contributed by atoms with E-state index in [2.05, 4.69) is 10.3 Å². The molecular formula is C28H30ClF3N4O4S. The second-order valence-corrected chi connectivity index (χ2v) is 12.4. The molecule has 0 bridgehead atoms. The molecule has 2 amide bonds. The lowest BCUT2D eigenvalue weighted by atomic mass is 10.0. The molecule has 2 aliphatic rings. The fraction of sp³-hybridized carbons (Fsp3) is 0.464. The zero-order chi connectivity index (χ0) is 29.3. The van der Waals surface area contributed by atoms with Gasteiger partial charge in [0.2, 0.25) is 5.82 Å². The van der Waals surface area contributed by atoms with E-state index in [1.54, 1.807) is 42.5 Å². The van der Waals surface area contributed by atoms with Gasteiger partial charge in [0.25, 0.3) is 11.8 Å². The third kappa shape index (κ3) is 6.50. The number of aliphatic hydroxyl groups is 2. The third-order valence-corrected chi connectivity index (χ3v) is 9.38. The Bertz CT molecular complexity index is 1420. The zero-order valence-electron chi connectivity index (χ0n) is 21.9. The Morgan fingerprint density at radius 1 is 1.07 bits per heavy atom. The minimum Gasteiger partial charge on any atom is -0.380 e. The summed E-state index contributed by atoms with van der Waals surface area (Å²) in [6.07, 6.45) is -5.83. The van der Waals surface area contributed by atoms with Gasteiger partial charge in [-0.3, -0.25) is 9.59 Å². The average Bonchev–Trinajstić information content (AvgIpc) is 3.69. The first-order valence-corrected chi connectivity index (χ1v) is 14.7. The Balaban J connectivity index is 1.15. The number of likely N-dealkylation sites (tertiary alicyclic amines) is 1. The molecule has 0 aliphatic carbocycles. The number of nitrogens with one attached hydrogen (secondary N) is 1. The summed E-state index contributed by atoms with van der Waals surface area (Å²) >= 11 is 7.55. The molecule has 3 heterocycles. The van der Waals surface area contributed by atoms with Crippen LogP contribution >= 0.6 is 23.4 Å². The summed E-state index contributed by atoms with van der Waals surface area (Å²) < 4.78 is 42.2. The smallest absolute Gasteiger partial charge is 0.380 e. The Morgan fingerprint density at radius 3 is 2.59 bits per heavy atom. The van der Waals surface area contributed by atoms with Crippen LogP contribution in [0.1, 0.15) is 43.1 Å². The molecule has 2 fully saturated rings. The summed E-state index contributed by atoms with van der Waals surface area (Å²) in [6, 6.07) is 13.2. The van der Waals surface area contributed by atoms with E-state index >= 15 is 0 Å². The molecule has 5 rings (SSSR count). The highest BCUT2D eigenvalue weighted by atomic mass is 35.5. The van der Waals surface area contributed by atoms with Crippen molar-refractivity contribution in [2.45, 2.75) is 67.2 Å². The van der Waals surface area contributed by atoms with E-state index < -0.39 is 36.0 Å². The number of para-hydroxylation sites is 2. The molecule has 13 heteroatoms. The highest BCUT2D eigenvalue weighted by Crippen LogP contribution is 2.38. The first-order chi connectivity index (χ1) is 19.5. The van der Waals surface area contributed by atoms with E-state index in [1.165, 1.54) is 21.2 Å². The molecule has 2 aromatic carbocycles. The molecule has 0 saturated carbocycles. The van der Waals surface area contributed by atoms with Crippen LogP contribution in [0.15, 0.2) is 48.5 Å². The van der Waals surface area contributed by atoms with E-state index in [0.29, 0.717) is 42.8 Å². The lowest BCUT2D eigenvalue weighted by Gasteiger charge is -2.29. The van der Waals surface area contributed by atoms with Crippen molar-refractivity contribution >= 4 is 46.2 Å². The van der Waals surface area contributed by atoms with Crippen LogP contribution in [0, 0.1) is 0 Å². The number of carbonyl (C=O) groups excluding carboxylic acids is 2.